The molecule has 0 spiro atoms. The SMILES string of the molecule is COc1ccc([C@@]23Oc4cc(O[C@@H]5O[C@@H](CCSSc6ccc([N+](=O)[O-])cn6)CO[C@H]5OC)cc(OC)c4[C@]2(O)[C@H](O)C[C@H]3c2ccccc2)cc1. The van der Waals surface area contributed by atoms with Crippen LogP contribution in [0.4, 0.5) is 5.69 Å². The molecule has 1 aliphatic carbocycles. The predicted molar refractivity (Wildman–Crippen MR) is 192 cm³/mol. The Morgan fingerprint density at radius 1 is 1.00 bits per heavy atom. The first-order chi connectivity index (χ1) is 25.2. The van der Waals surface area contributed by atoms with E-state index in [0.29, 0.717) is 45.6 Å². The summed E-state index contributed by atoms with van der Waals surface area (Å²) in [5.74, 6) is 1.77. The van der Waals surface area contributed by atoms with Gasteiger partial charge in [0.15, 0.2) is 11.2 Å². The molecule has 4 aromatic rings. The third kappa shape index (κ3) is 6.44. The Morgan fingerprint density at radius 2 is 1.79 bits per heavy atom. The Labute approximate surface area is 308 Å². The van der Waals surface area contributed by atoms with Gasteiger partial charge in [-0.1, -0.05) is 53.3 Å². The lowest BCUT2D eigenvalue weighted by molar-refractivity contribution is -0.385. The van der Waals surface area contributed by atoms with E-state index in [2.05, 4.69) is 4.98 Å². The Kier molecular flexibility index (Phi) is 10.5. The van der Waals surface area contributed by atoms with E-state index in [1.807, 2.05) is 42.5 Å². The third-order valence-corrected chi connectivity index (χ3v) is 12.0. The van der Waals surface area contributed by atoms with Crippen LogP contribution in [-0.4, -0.2) is 78.6 Å². The van der Waals surface area contributed by atoms with E-state index in [1.165, 1.54) is 37.3 Å². The van der Waals surface area contributed by atoms with Gasteiger partial charge >= 0.3 is 0 Å². The minimum absolute atomic E-state index is 0.0576. The highest BCUT2D eigenvalue weighted by Crippen LogP contribution is 2.68. The molecule has 274 valence electrons. The highest BCUT2D eigenvalue weighted by atomic mass is 33.1. The fourth-order valence-corrected chi connectivity index (χ4v) is 9.29. The topological polar surface area (TPSA) is 161 Å². The molecule has 2 aliphatic heterocycles. The summed E-state index contributed by atoms with van der Waals surface area (Å²) in [6.45, 7) is 0.284. The molecule has 2 fully saturated rings. The molecule has 0 unspecified atom stereocenters. The molecule has 7 atom stereocenters. The van der Waals surface area contributed by atoms with Crippen LogP contribution in [0.15, 0.2) is 90.1 Å². The average Bonchev–Trinajstić information content (AvgIpc) is 3.57. The number of nitrogens with zero attached hydrogens (tertiary/aromatic N) is 2. The molecule has 3 aliphatic rings. The van der Waals surface area contributed by atoms with Crippen molar-refractivity contribution in [2.75, 3.05) is 33.7 Å². The number of benzene rings is 3. The number of pyridine rings is 1. The van der Waals surface area contributed by atoms with Gasteiger partial charge in [0.25, 0.3) is 12.0 Å². The first-order valence-electron chi connectivity index (χ1n) is 16.6. The molecule has 0 amide bonds. The van der Waals surface area contributed by atoms with Gasteiger partial charge in [0.1, 0.15) is 34.2 Å². The number of aromatic nitrogens is 1. The van der Waals surface area contributed by atoms with Crippen molar-refractivity contribution >= 4 is 27.3 Å². The molecule has 1 aromatic heterocycles. The van der Waals surface area contributed by atoms with Crippen LogP contribution in [-0.2, 0) is 25.4 Å². The molecule has 0 bridgehead atoms. The van der Waals surface area contributed by atoms with Gasteiger partial charge in [-0.25, -0.2) is 4.98 Å². The highest BCUT2D eigenvalue weighted by molar-refractivity contribution is 8.76. The van der Waals surface area contributed by atoms with E-state index in [1.54, 1.807) is 48.2 Å². The molecular weight excluding hydrogens is 713 g/mol. The number of nitro groups is 1. The standard InChI is InChI=1S/C37H38N2O11S2/c1-44-25-12-9-23(10-13-25)37-28(22-7-5-4-6-8-22)19-31(40)36(37,41)33-29(45-2)17-27(18-30(33)50-37)49-35-34(46-3)47-21-26(48-35)15-16-51-52-32-14-11-24(20-38-32)39(42)43/h4-14,17-18,20,26,28,31,34-35,40-41H,15-16,19,21H2,1-3H3/t26-,28-,31+,34+,35-,36+,37-/m0/s1. The molecule has 3 aromatic carbocycles. The molecule has 1 saturated heterocycles. The molecule has 15 heteroatoms. The number of aliphatic hydroxyl groups excluding tert-OH is 1. The van der Waals surface area contributed by atoms with Crippen LogP contribution in [0.25, 0.3) is 0 Å². The maximum absolute atomic E-state index is 12.8. The van der Waals surface area contributed by atoms with Gasteiger partial charge in [-0.15, -0.1) is 0 Å². The van der Waals surface area contributed by atoms with Crippen molar-refractivity contribution in [2.24, 2.45) is 0 Å². The van der Waals surface area contributed by atoms with Crippen molar-refractivity contribution in [2.45, 2.75) is 59.8 Å². The second-order valence-corrected chi connectivity index (χ2v) is 15.0. The van der Waals surface area contributed by atoms with Crippen LogP contribution in [0, 0.1) is 10.1 Å². The Morgan fingerprint density at radius 3 is 2.46 bits per heavy atom. The van der Waals surface area contributed by atoms with E-state index in [4.69, 9.17) is 33.2 Å². The maximum atomic E-state index is 12.8. The number of rotatable bonds is 13. The highest BCUT2D eigenvalue weighted by Gasteiger charge is 2.73. The first kappa shape index (κ1) is 36.3. The number of hydrogen-bond acceptors (Lipinski definition) is 14. The largest absolute Gasteiger partial charge is 0.497 e. The van der Waals surface area contributed by atoms with Gasteiger partial charge in [0, 0.05) is 37.0 Å². The van der Waals surface area contributed by atoms with Crippen molar-refractivity contribution in [1.29, 1.82) is 0 Å². The summed E-state index contributed by atoms with van der Waals surface area (Å²) in [5.41, 5.74) is -1.50. The fraction of sp³-hybridized carbons (Fsp3) is 0.378. The molecule has 52 heavy (non-hydrogen) atoms. The zero-order valence-electron chi connectivity index (χ0n) is 28.6. The lowest BCUT2D eigenvalue weighted by Gasteiger charge is -2.40. The lowest BCUT2D eigenvalue weighted by atomic mass is 9.71. The Bertz CT molecular complexity index is 1870. The molecule has 2 N–H and O–H groups in total. The van der Waals surface area contributed by atoms with Crippen molar-refractivity contribution in [3.63, 3.8) is 0 Å². The first-order valence-corrected chi connectivity index (χ1v) is 18.9. The predicted octanol–water partition coefficient (Wildman–Crippen LogP) is 5.95. The fourth-order valence-electron chi connectivity index (χ4n) is 7.31. The molecule has 7 rings (SSSR count). The van der Waals surface area contributed by atoms with Gasteiger partial charge in [-0.3, -0.25) is 10.1 Å². The van der Waals surface area contributed by atoms with E-state index >= 15 is 0 Å². The van der Waals surface area contributed by atoms with Crippen molar-refractivity contribution in [3.05, 3.63) is 112 Å². The van der Waals surface area contributed by atoms with Crippen LogP contribution in [0.2, 0.25) is 0 Å². The van der Waals surface area contributed by atoms with Gasteiger partial charge in [0.2, 0.25) is 6.29 Å². The van der Waals surface area contributed by atoms with Crippen LogP contribution >= 0.6 is 21.6 Å². The van der Waals surface area contributed by atoms with Gasteiger partial charge in [-0.05, 0) is 53.0 Å². The summed E-state index contributed by atoms with van der Waals surface area (Å²) in [6, 6.07) is 23.4. The minimum Gasteiger partial charge on any atom is -0.497 e. The van der Waals surface area contributed by atoms with Crippen molar-refractivity contribution in [3.8, 4) is 23.0 Å². The summed E-state index contributed by atoms with van der Waals surface area (Å²) in [4.78, 5) is 14.6. The van der Waals surface area contributed by atoms with Gasteiger partial charge < -0.3 is 43.4 Å². The summed E-state index contributed by atoms with van der Waals surface area (Å²) in [5, 5.41) is 36.2. The quantitative estimate of drug-likeness (QED) is 0.0713. The Balaban J connectivity index is 1.13. The van der Waals surface area contributed by atoms with Gasteiger partial charge in [0.05, 0.1) is 43.5 Å². The summed E-state index contributed by atoms with van der Waals surface area (Å²) < 4.78 is 42.4. The van der Waals surface area contributed by atoms with E-state index in [-0.39, 0.29) is 30.6 Å². The lowest BCUT2D eigenvalue weighted by Crippen LogP contribution is -2.52. The third-order valence-electron chi connectivity index (χ3n) is 9.71. The number of ether oxygens (including phenoxy) is 7. The van der Waals surface area contributed by atoms with Crippen LogP contribution < -0.4 is 18.9 Å². The number of methoxy groups -OCH3 is 3. The number of aliphatic hydroxyl groups is 2. The summed E-state index contributed by atoms with van der Waals surface area (Å²) in [7, 11) is 7.53. The van der Waals surface area contributed by atoms with Crippen LogP contribution in [0.3, 0.4) is 0 Å². The van der Waals surface area contributed by atoms with E-state index < -0.39 is 40.7 Å². The average molecular weight is 751 g/mol. The molecule has 13 nitrogen and oxygen atoms in total. The molecule has 1 saturated carbocycles. The molecule has 3 heterocycles. The minimum atomic E-state index is -1.90. The van der Waals surface area contributed by atoms with Gasteiger partial charge in [-0.2, -0.15) is 0 Å². The number of fused-ring (bicyclic) bond motifs is 3. The van der Waals surface area contributed by atoms with E-state index in [0.717, 1.165) is 5.56 Å². The van der Waals surface area contributed by atoms with Crippen LogP contribution in [0.5, 0.6) is 23.0 Å². The summed E-state index contributed by atoms with van der Waals surface area (Å²) >= 11 is 0. The number of hydrogen-bond donors (Lipinski definition) is 2. The Hall–Kier alpha value is -4.09. The van der Waals surface area contributed by atoms with Crippen LogP contribution in [0.1, 0.15) is 35.4 Å². The summed E-state index contributed by atoms with van der Waals surface area (Å²) in [6.07, 6.45) is -1.22. The maximum Gasteiger partial charge on any atom is 0.287 e. The second-order valence-electron chi connectivity index (χ2n) is 12.5. The zero-order valence-corrected chi connectivity index (χ0v) is 30.2. The molecular formula is C37H38N2O11S2. The van der Waals surface area contributed by atoms with Crippen molar-refractivity contribution in [1.82, 2.24) is 4.98 Å². The monoisotopic (exact) mass is 750 g/mol. The normalized spacial score (nSPS) is 27.7. The van der Waals surface area contributed by atoms with E-state index in [9.17, 15) is 20.3 Å². The van der Waals surface area contributed by atoms with Crippen molar-refractivity contribution < 1.29 is 48.3 Å². The zero-order chi connectivity index (χ0) is 36.5. The molecule has 0 radical (unpaired) electrons. The second kappa shape index (κ2) is 15.1. The smallest absolute Gasteiger partial charge is 0.287 e.